The molecule has 144 valence electrons. The number of rotatable bonds is 6. The van der Waals surface area contributed by atoms with Crippen molar-refractivity contribution >= 4 is 23.2 Å². The summed E-state index contributed by atoms with van der Waals surface area (Å²) in [4.78, 5) is 28.3. The fraction of sp³-hybridized carbons (Fsp3) is 0.222. The van der Waals surface area contributed by atoms with E-state index in [1.54, 1.807) is 41.6 Å². The van der Waals surface area contributed by atoms with E-state index in [9.17, 15) is 9.59 Å². The Labute approximate surface area is 163 Å². The van der Waals surface area contributed by atoms with Crippen LogP contribution in [0.25, 0.3) is 10.6 Å². The first-order chi connectivity index (χ1) is 13.6. The van der Waals surface area contributed by atoms with Crippen molar-refractivity contribution in [2.75, 3.05) is 13.4 Å². The van der Waals surface area contributed by atoms with Crippen molar-refractivity contribution in [3.05, 3.63) is 47.2 Å². The van der Waals surface area contributed by atoms with E-state index >= 15 is 0 Å². The molecule has 10 heteroatoms. The maximum atomic E-state index is 12.1. The summed E-state index contributed by atoms with van der Waals surface area (Å²) in [6, 6.07) is 5.41. The van der Waals surface area contributed by atoms with Crippen LogP contribution in [0.4, 0.5) is 0 Å². The number of thiazole rings is 1. The van der Waals surface area contributed by atoms with E-state index in [4.69, 9.17) is 14.2 Å². The quantitative estimate of drug-likeness (QED) is 0.629. The van der Waals surface area contributed by atoms with Crippen LogP contribution in [0.2, 0.25) is 0 Å². The number of nitrogens with one attached hydrogen (secondary N) is 1. The van der Waals surface area contributed by atoms with Gasteiger partial charge in [0, 0.05) is 30.7 Å². The van der Waals surface area contributed by atoms with Crippen LogP contribution in [0, 0.1) is 0 Å². The number of fused-ring (bicyclic) bond motifs is 1. The van der Waals surface area contributed by atoms with Crippen LogP contribution in [-0.4, -0.2) is 40.0 Å². The van der Waals surface area contributed by atoms with Gasteiger partial charge in [0.1, 0.15) is 5.01 Å². The van der Waals surface area contributed by atoms with Crippen molar-refractivity contribution in [3.63, 3.8) is 0 Å². The van der Waals surface area contributed by atoms with Crippen LogP contribution >= 0.6 is 11.3 Å². The van der Waals surface area contributed by atoms with E-state index in [2.05, 4.69) is 15.4 Å². The molecule has 1 aliphatic heterocycles. The molecule has 1 aromatic carbocycles. The second-order valence-corrected chi connectivity index (χ2v) is 6.84. The molecule has 0 bridgehead atoms. The third-order valence-corrected chi connectivity index (χ3v) is 4.82. The average molecular weight is 400 g/mol. The van der Waals surface area contributed by atoms with Gasteiger partial charge in [0.25, 0.3) is 5.91 Å². The number of carbonyl (C=O) groups is 2. The fourth-order valence-corrected chi connectivity index (χ4v) is 3.30. The predicted octanol–water partition coefficient (Wildman–Crippen LogP) is 1.75. The molecule has 0 saturated heterocycles. The highest BCUT2D eigenvalue weighted by Gasteiger charge is 2.16. The molecule has 1 amide bonds. The highest BCUT2D eigenvalue weighted by molar-refractivity contribution is 7.13. The Bertz CT molecular complexity index is 1030. The van der Waals surface area contributed by atoms with Gasteiger partial charge < -0.3 is 19.5 Å². The average Bonchev–Trinajstić information content (AvgIpc) is 3.43. The number of aromatic nitrogens is 3. The number of ether oxygens (including phenoxy) is 3. The van der Waals surface area contributed by atoms with Crippen LogP contribution in [-0.2, 0) is 23.1 Å². The molecular weight excluding hydrogens is 384 g/mol. The SMILES string of the molecule is Cn1cc(-c2nc(C(=O)OCC(=O)NCc3ccc4c(c3)OCO4)cs2)cn1. The Morgan fingerprint density at radius 2 is 2.18 bits per heavy atom. The first kappa shape index (κ1) is 18.0. The monoisotopic (exact) mass is 400 g/mol. The molecule has 0 aliphatic carbocycles. The largest absolute Gasteiger partial charge is 0.454 e. The summed E-state index contributed by atoms with van der Waals surface area (Å²) in [5.41, 5.74) is 1.82. The van der Waals surface area contributed by atoms with Crippen LogP contribution < -0.4 is 14.8 Å². The number of aryl methyl sites for hydroxylation is 1. The van der Waals surface area contributed by atoms with Crippen LogP contribution in [0.15, 0.2) is 36.0 Å². The number of carbonyl (C=O) groups excluding carboxylic acids is 2. The first-order valence-corrected chi connectivity index (χ1v) is 9.23. The zero-order valence-corrected chi connectivity index (χ0v) is 15.7. The standard InChI is InChI=1S/C18H16N4O5S/c1-22-7-12(6-20-22)17-21-13(9-28-17)18(24)25-8-16(23)19-5-11-2-3-14-15(4-11)27-10-26-14/h2-4,6-7,9H,5,8,10H2,1H3,(H,19,23). The van der Waals surface area contributed by atoms with E-state index in [0.717, 1.165) is 11.1 Å². The Balaban J connectivity index is 1.26. The molecule has 0 atom stereocenters. The fourth-order valence-electron chi connectivity index (χ4n) is 2.54. The minimum atomic E-state index is -0.649. The maximum Gasteiger partial charge on any atom is 0.358 e. The number of amides is 1. The van der Waals surface area contributed by atoms with Crippen LogP contribution in [0.1, 0.15) is 16.1 Å². The molecule has 0 spiro atoms. The topological polar surface area (TPSA) is 105 Å². The second-order valence-electron chi connectivity index (χ2n) is 5.98. The van der Waals surface area contributed by atoms with Gasteiger partial charge in [-0.1, -0.05) is 6.07 Å². The molecule has 3 aromatic rings. The molecular formula is C18H16N4O5S. The van der Waals surface area contributed by atoms with Gasteiger partial charge in [-0.05, 0) is 17.7 Å². The van der Waals surface area contributed by atoms with Gasteiger partial charge in [0.05, 0.1) is 6.20 Å². The summed E-state index contributed by atoms with van der Waals surface area (Å²) in [6.45, 7) is 0.0955. The molecule has 2 aromatic heterocycles. The molecule has 9 nitrogen and oxygen atoms in total. The first-order valence-electron chi connectivity index (χ1n) is 8.35. The molecule has 1 aliphatic rings. The number of nitrogens with zero attached hydrogens (tertiary/aromatic N) is 3. The lowest BCUT2D eigenvalue weighted by Gasteiger charge is -2.06. The molecule has 0 fully saturated rings. The van der Waals surface area contributed by atoms with Crippen molar-refractivity contribution < 1.29 is 23.8 Å². The number of esters is 1. The molecule has 0 unspecified atom stereocenters. The van der Waals surface area contributed by atoms with Gasteiger partial charge in [-0.15, -0.1) is 11.3 Å². The van der Waals surface area contributed by atoms with Gasteiger partial charge in [-0.3, -0.25) is 9.48 Å². The highest BCUT2D eigenvalue weighted by atomic mass is 32.1. The van der Waals surface area contributed by atoms with Crippen molar-refractivity contribution in [2.24, 2.45) is 7.05 Å². The summed E-state index contributed by atoms with van der Waals surface area (Å²) >= 11 is 1.31. The Hall–Kier alpha value is -3.40. The minimum absolute atomic E-state index is 0.160. The zero-order valence-electron chi connectivity index (χ0n) is 14.9. The number of hydrogen-bond donors (Lipinski definition) is 1. The third kappa shape index (κ3) is 3.96. The van der Waals surface area contributed by atoms with E-state index < -0.39 is 11.9 Å². The van der Waals surface area contributed by atoms with Gasteiger partial charge in [-0.2, -0.15) is 5.10 Å². The Morgan fingerprint density at radius 1 is 1.32 bits per heavy atom. The normalized spacial score (nSPS) is 12.0. The lowest BCUT2D eigenvalue weighted by Crippen LogP contribution is -2.28. The third-order valence-electron chi connectivity index (χ3n) is 3.93. The van der Waals surface area contributed by atoms with Crippen molar-refractivity contribution in [3.8, 4) is 22.1 Å². The zero-order chi connectivity index (χ0) is 19.5. The maximum absolute atomic E-state index is 12.1. The van der Waals surface area contributed by atoms with E-state index in [1.807, 2.05) is 6.07 Å². The lowest BCUT2D eigenvalue weighted by atomic mass is 10.2. The van der Waals surface area contributed by atoms with Crippen LogP contribution in [0.3, 0.4) is 0 Å². The van der Waals surface area contributed by atoms with E-state index in [-0.39, 0.29) is 25.6 Å². The number of benzene rings is 1. The van der Waals surface area contributed by atoms with Gasteiger partial charge in [0.2, 0.25) is 6.79 Å². The van der Waals surface area contributed by atoms with E-state index in [0.29, 0.717) is 16.5 Å². The van der Waals surface area contributed by atoms with Crippen molar-refractivity contribution in [1.29, 1.82) is 0 Å². The Morgan fingerprint density at radius 3 is 3.00 bits per heavy atom. The smallest absolute Gasteiger partial charge is 0.358 e. The summed E-state index contributed by atoms with van der Waals surface area (Å²) in [5.74, 6) is 0.266. The van der Waals surface area contributed by atoms with Gasteiger partial charge >= 0.3 is 5.97 Å². The second kappa shape index (κ2) is 7.69. The summed E-state index contributed by atoms with van der Waals surface area (Å²) in [6.07, 6.45) is 3.47. The molecule has 28 heavy (non-hydrogen) atoms. The predicted molar refractivity (Wildman–Crippen MR) is 99.0 cm³/mol. The molecule has 3 heterocycles. The van der Waals surface area contributed by atoms with E-state index in [1.165, 1.54) is 11.3 Å². The summed E-state index contributed by atoms with van der Waals surface area (Å²) in [7, 11) is 1.80. The highest BCUT2D eigenvalue weighted by Crippen LogP contribution is 2.32. The van der Waals surface area contributed by atoms with Gasteiger partial charge in [-0.25, -0.2) is 9.78 Å². The lowest BCUT2D eigenvalue weighted by molar-refractivity contribution is -0.124. The molecule has 4 rings (SSSR count). The van der Waals surface area contributed by atoms with Gasteiger partial charge in [0.15, 0.2) is 23.8 Å². The summed E-state index contributed by atoms with van der Waals surface area (Å²) in [5, 5.41) is 9.01. The van der Waals surface area contributed by atoms with Crippen molar-refractivity contribution in [1.82, 2.24) is 20.1 Å². The molecule has 1 N–H and O–H groups in total. The number of hydrogen-bond acceptors (Lipinski definition) is 8. The molecule has 0 radical (unpaired) electrons. The molecule has 0 saturated carbocycles. The minimum Gasteiger partial charge on any atom is -0.454 e. The summed E-state index contributed by atoms with van der Waals surface area (Å²) < 4.78 is 17.2. The van der Waals surface area contributed by atoms with Crippen LogP contribution in [0.5, 0.6) is 11.5 Å². The van der Waals surface area contributed by atoms with Crippen molar-refractivity contribution in [2.45, 2.75) is 6.54 Å². The Kier molecular flexibility index (Phi) is 4.94.